The van der Waals surface area contributed by atoms with Crippen molar-refractivity contribution in [2.45, 2.75) is 43.2 Å². The summed E-state index contributed by atoms with van der Waals surface area (Å²) >= 11 is 0. The summed E-state index contributed by atoms with van der Waals surface area (Å²) in [7, 11) is 0. The lowest BCUT2D eigenvalue weighted by Crippen LogP contribution is -2.68. The minimum atomic E-state index is 0.129. The van der Waals surface area contributed by atoms with Crippen molar-refractivity contribution in [1.29, 1.82) is 0 Å². The lowest BCUT2D eigenvalue weighted by molar-refractivity contribution is 0.0197. The minimum Gasteiger partial charge on any atom is -0.379 e. The van der Waals surface area contributed by atoms with Crippen molar-refractivity contribution in [2.75, 3.05) is 10.6 Å². The van der Waals surface area contributed by atoms with Crippen molar-refractivity contribution in [3.63, 3.8) is 0 Å². The van der Waals surface area contributed by atoms with Gasteiger partial charge in [0.25, 0.3) is 0 Å². The Morgan fingerprint density at radius 1 is 0.909 bits per heavy atom. The molecule has 2 heteroatoms. The van der Waals surface area contributed by atoms with E-state index >= 15 is 0 Å². The normalized spacial score (nSPS) is 30.3. The molecule has 5 rings (SSSR count). The van der Waals surface area contributed by atoms with Crippen LogP contribution in [0.5, 0.6) is 0 Å². The van der Waals surface area contributed by atoms with E-state index in [1.807, 2.05) is 0 Å². The van der Waals surface area contributed by atoms with Crippen LogP contribution in [0.1, 0.15) is 37.7 Å². The van der Waals surface area contributed by atoms with E-state index in [4.69, 9.17) is 0 Å². The number of hydrogen-bond donors (Lipinski definition) is 2. The Labute approximate surface area is 131 Å². The third kappa shape index (κ3) is 1.50. The standard InChI is InChI=1S/C20H22N2/c1-2-7-15(8-3-1)21-20-14-11-18(20)19(12-6-13-19)22-17-10-5-4-9-16(17)20/h1-5,7-10,18,21-22H,6,11-14H2. The van der Waals surface area contributed by atoms with Crippen LogP contribution in [-0.2, 0) is 5.54 Å². The van der Waals surface area contributed by atoms with Gasteiger partial charge in [-0.2, -0.15) is 0 Å². The smallest absolute Gasteiger partial charge is 0.0695 e. The number of benzene rings is 2. The van der Waals surface area contributed by atoms with Crippen LogP contribution in [0, 0.1) is 5.92 Å². The largest absolute Gasteiger partial charge is 0.379 e. The zero-order valence-corrected chi connectivity index (χ0v) is 12.8. The molecule has 2 aromatic rings. The van der Waals surface area contributed by atoms with E-state index in [9.17, 15) is 0 Å². The van der Waals surface area contributed by atoms with Crippen molar-refractivity contribution >= 4 is 11.4 Å². The van der Waals surface area contributed by atoms with Crippen molar-refractivity contribution < 1.29 is 0 Å². The van der Waals surface area contributed by atoms with Crippen LogP contribution in [0.2, 0.25) is 0 Å². The van der Waals surface area contributed by atoms with Gasteiger partial charge in [-0.15, -0.1) is 0 Å². The first-order valence-electron chi connectivity index (χ1n) is 8.53. The van der Waals surface area contributed by atoms with Crippen LogP contribution >= 0.6 is 0 Å². The molecule has 2 aliphatic carbocycles. The number of rotatable bonds is 2. The highest BCUT2D eigenvalue weighted by atomic mass is 15.1. The molecule has 2 aromatic carbocycles. The molecule has 0 aromatic heterocycles. The summed E-state index contributed by atoms with van der Waals surface area (Å²) in [6.45, 7) is 0. The molecule has 2 saturated carbocycles. The van der Waals surface area contributed by atoms with E-state index < -0.39 is 0 Å². The molecular formula is C20H22N2. The monoisotopic (exact) mass is 290 g/mol. The molecule has 1 spiro atoms. The summed E-state index contributed by atoms with van der Waals surface area (Å²) < 4.78 is 0. The first-order valence-corrected chi connectivity index (χ1v) is 8.53. The fourth-order valence-corrected chi connectivity index (χ4v) is 5.01. The molecular weight excluding hydrogens is 268 g/mol. The lowest BCUT2D eigenvalue weighted by Gasteiger charge is -2.66. The Hall–Kier alpha value is -1.96. The number of hydrogen-bond acceptors (Lipinski definition) is 2. The predicted octanol–water partition coefficient (Wildman–Crippen LogP) is 4.75. The van der Waals surface area contributed by atoms with Gasteiger partial charge in [-0.05, 0) is 50.3 Å². The van der Waals surface area contributed by atoms with Crippen LogP contribution in [0.4, 0.5) is 11.4 Å². The van der Waals surface area contributed by atoms with Crippen LogP contribution < -0.4 is 10.6 Å². The van der Waals surface area contributed by atoms with Gasteiger partial charge in [-0.1, -0.05) is 36.4 Å². The summed E-state index contributed by atoms with van der Waals surface area (Å²) in [5, 5.41) is 7.85. The quantitative estimate of drug-likeness (QED) is 0.834. The van der Waals surface area contributed by atoms with Crippen LogP contribution in [-0.4, -0.2) is 5.54 Å². The van der Waals surface area contributed by atoms with Crippen LogP contribution in [0.15, 0.2) is 54.6 Å². The molecule has 0 amide bonds. The number of para-hydroxylation sites is 2. The first kappa shape index (κ1) is 12.6. The van der Waals surface area contributed by atoms with Crippen LogP contribution in [0.25, 0.3) is 0 Å². The van der Waals surface area contributed by atoms with E-state index in [1.165, 1.54) is 49.0 Å². The van der Waals surface area contributed by atoms with Gasteiger partial charge in [0.15, 0.2) is 0 Å². The molecule has 0 saturated heterocycles. The third-order valence-corrected chi connectivity index (χ3v) is 6.27. The van der Waals surface area contributed by atoms with E-state index in [0.717, 1.165) is 0 Å². The molecule has 1 heterocycles. The number of anilines is 2. The van der Waals surface area contributed by atoms with Gasteiger partial charge in [0.2, 0.25) is 0 Å². The zero-order valence-electron chi connectivity index (χ0n) is 12.8. The Morgan fingerprint density at radius 3 is 2.36 bits per heavy atom. The Kier molecular flexibility index (Phi) is 2.45. The molecule has 1 aliphatic heterocycles. The van der Waals surface area contributed by atoms with Crippen molar-refractivity contribution in [3.05, 3.63) is 60.2 Å². The van der Waals surface area contributed by atoms with E-state index in [2.05, 4.69) is 65.2 Å². The van der Waals surface area contributed by atoms with Gasteiger partial charge in [0.05, 0.1) is 5.54 Å². The minimum absolute atomic E-state index is 0.129. The van der Waals surface area contributed by atoms with E-state index in [1.54, 1.807) is 0 Å². The summed E-state index contributed by atoms with van der Waals surface area (Å²) in [4.78, 5) is 0. The Bertz CT molecular complexity index is 705. The molecule has 0 bridgehead atoms. The maximum Gasteiger partial charge on any atom is 0.0695 e. The molecule has 2 N–H and O–H groups in total. The Balaban J connectivity index is 1.63. The summed E-state index contributed by atoms with van der Waals surface area (Å²) in [5.74, 6) is 0.712. The fraction of sp³-hybridized carbons (Fsp3) is 0.400. The average Bonchev–Trinajstić information content (AvgIpc) is 2.50. The van der Waals surface area contributed by atoms with Crippen molar-refractivity contribution in [1.82, 2.24) is 0 Å². The molecule has 3 aliphatic rings. The van der Waals surface area contributed by atoms with Gasteiger partial charge in [0.1, 0.15) is 0 Å². The number of nitrogens with one attached hydrogen (secondary N) is 2. The average molecular weight is 290 g/mol. The lowest BCUT2D eigenvalue weighted by atomic mass is 9.48. The highest BCUT2D eigenvalue weighted by Crippen LogP contribution is 2.63. The molecule has 2 fully saturated rings. The summed E-state index contributed by atoms with van der Waals surface area (Å²) in [6, 6.07) is 19.7. The molecule has 2 nitrogen and oxygen atoms in total. The molecule has 22 heavy (non-hydrogen) atoms. The second kappa shape index (κ2) is 4.28. The zero-order chi connectivity index (χ0) is 14.6. The first-order chi connectivity index (χ1) is 10.8. The fourth-order valence-electron chi connectivity index (χ4n) is 5.01. The van der Waals surface area contributed by atoms with Gasteiger partial charge >= 0.3 is 0 Å². The molecule has 2 unspecified atom stereocenters. The maximum absolute atomic E-state index is 3.93. The number of fused-ring (bicyclic) bond motifs is 4. The topological polar surface area (TPSA) is 24.1 Å². The SMILES string of the molecule is c1ccc(NC23CCC2C2(CCC2)Nc2ccccc23)cc1. The third-order valence-electron chi connectivity index (χ3n) is 6.27. The summed E-state index contributed by atoms with van der Waals surface area (Å²) in [5.41, 5.74) is 4.53. The highest BCUT2D eigenvalue weighted by molar-refractivity contribution is 5.65. The van der Waals surface area contributed by atoms with Gasteiger partial charge in [-0.3, -0.25) is 0 Å². The molecule has 0 radical (unpaired) electrons. The van der Waals surface area contributed by atoms with Gasteiger partial charge in [0, 0.05) is 28.4 Å². The van der Waals surface area contributed by atoms with Crippen molar-refractivity contribution in [3.8, 4) is 0 Å². The molecule has 2 atom stereocenters. The van der Waals surface area contributed by atoms with Crippen molar-refractivity contribution in [2.24, 2.45) is 5.92 Å². The predicted molar refractivity (Wildman–Crippen MR) is 91.1 cm³/mol. The Morgan fingerprint density at radius 2 is 1.68 bits per heavy atom. The van der Waals surface area contributed by atoms with E-state index in [-0.39, 0.29) is 5.54 Å². The highest BCUT2D eigenvalue weighted by Gasteiger charge is 2.62. The van der Waals surface area contributed by atoms with Crippen LogP contribution in [0.3, 0.4) is 0 Å². The second-order valence-electron chi connectivity index (χ2n) is 7.23. The van der Waals surface area contributed by atoms with Gasteiger partial charge in [-0.25, -0.2) is 0 Å². The molecule has 112 valence electrons. The van der Waals surface area contributed by atoms with E-state index in [0.29, 0.717) is 11.5 Å². The second-order valence-corrected chi connectivity index (χ2v) is 7.23. The van der Waals surface area contributed by atoms with Gasteiger partial charge < -0.3 is 10.6 Å². The maximum atomic E-state index is 3.93. The summed E-state index contributed by atoms with van der Waals surface area (Å²) in [6.07, 6.45) is 6.59.